The van der Waals surface area contributed by atoms with Crippen molar-refractivity contribution in [3.8, 4) is 11.1 Å². The number of piperidine rings is 1. The van der Waals surface area contributed by atoms with Gasteiger partial charge in [0.2, 0.25) is 0 Å². The summed E-state index contributed by atoms with van der Waals surface area (Å²) in [5.74, 6) is 0.120. The zero-order chi connectivity index (χ0) is 25.5. The number of fused-ring (bicyclic) bond motifs is 5. The number of hydrogen-bond acceptors (Lipinski definition) is 2. The minimum Gasteiger partial charge on any atom is -0.448 e. The molecule has 3 aliphatic rings. The Morgan fingerprint density at radius 3 is 2.22 bits per heavy atom. The highest BCUT2D eigenvalue weighted by Crippen LogP contribution is 2.45. The molecule has 0 spiro atoms. The van der Waals surface area contributed by atoms with Crippen LogP contribution in [0.4, 0.5) is 4.79 Å². The van der Waals surface area contributed by atoms with Crippen molar-refractivity contribution in [2.24, 2.45) is 0 Å². The summed E-state index contributed by atoms with van der Waals surface area (Å²) >= 11 is 0. The second-order valence-corrected chi connectivity index (χ2v) is 11.2. The molecule has 1 aliphatic carbocycles. The molecule has 3 heteroatoms. The summed E-state index contributed by atoms with van der Waals surface area (Å²) in [5, 5.41) is 0. The molecule has 2 atom stereocenters. The van der Waals surface area contributed by atoms with Crippen LogP contribution in [0.3, 0.4) is 0 Å². The van der Waals surface area contributed by atoms with E-state index in [2.05, 4.69) is 66.1 Å². The number of allylic oxidation sites excluding steroid dienone is 1. The maximum atomic E-state index is 13.4. The van der Waals surface area contributed by atoms with E-state index in [1.165, 1.54) is 80.0 Å². The van der Waals surface area contributed by atoms with Crippen molar-refractivity contribution < 1.29 is 9.53 Å². The fourth-order valence-corrected chi connectivity index (χ4v) is 6.78. The van der Waals surface area contributed by atoms with Crippen LogP contribution in [0.1, 0.15) is 101 Å². The number of hydrogen-bond donors (Lipinski definition) is 0. The molecule has 2 aliphatic heterocycles. The highest BCUT2D eigenvalue weighted by atomic mass is 16.6. The Kier molecular flexibility index (Phi) is 8.81. The van der Waals surface area contributed by atoms with E-state index in [-0.39, 0.29) is 18.1 Å². The second-order valence-electron chi connectivity index (χ2n) is 11.2. The quantitative estimate of drug-likeness (QED) is 0.216. The van der Waals surface area contributed by atoms with E-state index >= 15 is 0 Å². The average Bonchev–Trinajstić information content (AvgIpc) is 3.24. The molecular formula is C34H43NO2. The molecule has 0 radical (unpaired) electrons. The van der Waals surface area contributed by atoms with E-state index in [1.807, 2.05) is 6.08 Å². The third-order valence-corrected chi connectivity index (χ3v) is 8.67. The SMILES string of the molecule is C=CCCCCCCCCCC1=CC2CCCC(C1)N2C(=O)OCC1c2ccccc2-c2ccccc21. The molecule has 2 aromatic rings. The van der Waals surface area contributed by atoms with Gasteiger partial charge in [-0.15, -0.1) is 6.58 Å². The lowest BCUT2D eigenvalue weighted by molar-refractivity contribution is 0.0507. The van der Waals surface area contributed by atoms with E-state index < -0.39 is 0 Å². The van der Waals surface area contributed by atoms with Gasteiger partial charge in [-0.3, -0.25) is 4.90 Å². The Morgan fingerprint density at radius 1 is 0.892 bits per heavy atom. The fraction of sp³-hybridized carbons (Fsp3) is 0.500. The van der Waals surface area contributed by atoms with Gasteiger partial charge in [0, 0.05) is 12.0 Å². The average molecular weight is 498 g/mol. The molecular weight excluding hydrogens is 454 g/mol. The van der Waals surface area contributed by atoms with Gasteiger partial charge in [-0.05, 0) is 73.6 Å². The molecule has 5 rings (SSSR count). The lowest BCUT2D eigenvalue weighted by Crippen LogP contribution is -2.52. The van der Waals surface area contributed by atoms with Gasteiger partial charge < -0.3 is 4.74 Å². The molecule has 1 amide bonds. The topological polar surface area (TPSA) is 29.5 Å². The number of benzene rings is 2. The standard InChI is InChI=1S/C34H43NO2/c1-2-3-4-5-6-7-8-9-10-16-26-23-27-17-15-18-28(24-26)35(27)34(36)37-25-33-31-21-13-11-19-29(31)30-20-12-14-22-32(30)33/h2,11-14,19-23,27-28,33H,1,3-10,15-18,24-25H2. The molecule has 0 aromatic heterocycles. The predicted octanol–water partition coefficient (Wildman–Crippen LogP) is 9.19. The van der Waals surface area contributed by atoms with Gasteiger partial charge in [0.05, 0.1) is 6.04 Å². The van der Waals surface area contributed by atoms with Crippen LogP contribution in [0, 0.1) is 0 Å². The number of carbonyl (C=O) groups excluding carboxylic acids is 1. The van der Waals surface area contributed by atoms with Crippen LogP contribution >= 0.6 is 0 Å². The Hall–Kier alpha value is -2.81. The summed E-state index contributed by atoms with van der Waals surface area (Å²) in [4.78, 5) is 15.5. The van der Waals surface area contributed by atoms with Crippen molar-refractivity contribution in [1.82, 2.24) is 4.90 Å². The van der Waals surface area contributed by atoms with Gasteiger partial charge in [0.15, 0.2) is 0 Å². The molecule has 2 aromatic carbocycles. The summed E-state index contributed by atoms with van der Waals surface area (Å²) in [6.07, 6.45) is 20.4. The normalized spacial score (nSPS) is 20.2. The molecule has 196 valence electrons. The van der Waals surface area contributed by atoms with Gasteiger partial charge in [0.1, 0.15) is 6.61 Å². The Bertz CT molecular complexity index is 1060. The molecule has 2 bridgehead atoms. The second kappa shape index (κ2) is 12.6. The number of ether oxygens (including phenoxy) is 1. The molecule has 0 saturated carbocycles. The maximum absolute atomic E-state index is 13.4. The van der Waals surface area contributed by atoms with E-state index in [0.717, 1.165) is 25.7 Å². The molecule has 3 nitrogen and oxygen atoms in total. The van der Waals surface area contributed by atoms with E-state index in [4.69, 9.17) is 4.74 Å². The summed E-state index contributed by atoms with van der Waals surface area (Å²) < 4.78 is 6.06. The largest absolute Gasteiger partial charge is 0.448 e. The molecule has 1 saturated heterocycles. The smallest absolute Gasteiger partial charge is 0.410 e. The maximum Gasteiger partial charge on any atom is 0.410 e. The summed E-state index contributed by atoms with van der Waals surface area (Å²) in [5.41, 5.74) is 6.66. The first-order valence-electron chi connectivity index (χ1n) is 14.7. The van der Waals surface area contributed by atoms with Crippen molar-refractivity contribution in [3.63, 3.8) is 0 Å². The molecule has 0 N–H and O–H groups in total. The summed E-state index contributed by atoms with van der Waals surface area (Å²) in [6, 6.07) is 17.6. The van der Waals surface area contributed by atoms with Crippen molar-refractivity contribution in [2.75, 3.05) is 6.61 Å². The van der Waals surface area contributed by atoms with Crippen molar-refractivity contribution in [1.29, 1.82) is 0 Å². The number of carbonyl (C=O) groups is 1. The van der Waals surface area contributed by atoms with Crippen LogP contribution in [-0.4, -0.2) is 29.7 Å². The third-order valence-electron chi connectivity index (χ3n) is 8.67. The Balaban J connectivity index is 1.12. The van der Waals surface area contributed by atoms with Crippen LogP contribution in [0.2, 0.25) is 0 Å². The minimum absolute atomic E-state index is 0.120. The van der Waals surface area contributed by atoms with Crippen LogP contribution in [0.25, 0.3) is 11.1 Å². The molecule has 1 fully saturated rings. The Morgan fingerprint density at radius 2 is 1.54 bits per heavy atom. The van der Waals surface area contributed by atoms with Crippen LogP contribution < -0.4 is 0 Å². The lowest BCUT2D eigenvalue weighted by atomic mass is 9.84. The molecule has 2 unspecified atom stereocenters. The fourth-order valence-electron chi connectivity index (χ4n) is 6.78. The lowest BCUT2D eigenvalue weighted by Gasteiger charge is -2.44. The van der Waals surface area contributed by atoms with E-state index in [1.54, 1.807) is 5.57 Å². The van der Waals surface area contributed by atoms with E-state index in [0.29, 0.717) is 12.6 Å². The van der Waals surface area contributed by atoms with Crippen LogP contribution in [0.5, 0.6) is 0 Å². The summed E-state index contributed by atoms with van der Waals surface area (Å²) in [6.45, 7) is 4.21. The van der Waals surface area contributed by atoms with Crippen molar-refractivity contribution in [2.45, 2.75) is 101 Å². The first kappa shape index (κ1) is 25.8. The number of amides is 1. The summed E-state index contributed by atoms with van der Waals surface area (Å²) in [7, 11) is 0. The van der Waals surface area contributed by atoms with Gasteiger partial charge in [-0.1, -0.05) is 98.4 Å². The molecule has 37 heavy (non-hydrogen) atoms. The van der Waals surface area contributed by atoms with E-state index in [9.17, 15) is 4.79 Å². The number of rotatable bonds is 12. The zero-order valence-corrected chi connectivity index (χ0v) is 22.4. The first-order valence-corrected chi connectivity index (χ1v) is 14.7. The Labute approximate surface area is 223 Å². The van der Waals surface area contributed by atoms with Gasteiger partial charge in [-0.25, -0.2) is 4.79 Å². The number of nitrogens with zero attached hydrogens (tertiary/aromatic N) is 1. The van der Waals surface area contributed by atoms with Crippen LogP contribution in [0.15, 0.2) is 72.8 Å². The minimum atomic E-state index is -0.122. The van der Waals surface area contributed by atoms with Crippen molar-refractivity contribution in [3.05, 3.63) is 84.0 Å². The third kappa shape index (κ3) is 6.03. The zero-order valence-electron chi connectivity index (χ0n) is 22.4. The monoisotopic (exact) mass is 497 g/mol. The van der Waals surface area contributed by atoms with Crippen molar-refractivity contribution >= 4 is 6.09 Å². The van der Waals surface area contributed by atoms with Gasteiger partial charge in [-0.2, -0.15) is 0 Å². The number of unbranched alkanes of at least 4 members (excludes halogenated alkanes) is 7. The van der Waals surface area contributed by atoms with Crippen LogP contribution in [-0.2, 0) is 4.74 Å². The first-order chi connectivity index (χ1) is 18.3. The van der Waals surface area contributed by atoms with Gasteiger partial charge in [0.25, 0.3) is 0 Å². The highest BCUT2D eigenvalue weighted by Gasteiger charge is 2.38. The molecule has 2 heterocycles. The van der Waals surface area contributed by atoms with Gasteiger partial charge >= 0.3 is 6.09 Å². The predicted molar refractivity (Wildman–Crippen MR) is 153 cm³/mol. The highest BCUT2D eigenvalue weighted by molar-refractivity contribution is 5.79.